The molecule has 0 aliphatic rings. The first-order chi connectivity index (χ1) is 10.6. The lowest BCUT2D eigenvalue weighted by molar-refractivity contribution is -0.159. The van der Waals surface area contributed by atoms with Crippen molar-refractivity contribution in [3.05, 3.63) is 35.6 Å². The molecule has 128 valence electrons. The quantitative estimate of drug-likeness (QED) is 0.743. The molecule has 0 heterocycles. The van der Waals surface area contributed by atoms with Crippen LogP contribution in [0, 0.1) is 5.82 Å². The maximum Gasteiger partial charge on any atom is 0.306 e. The first-order valence-corrected chi connectivity index (χ1v) is 7.75. The van der Waals surface area contributed by atoms with Gasteiger partial charge in [0.1, 0.15) is 17.5 Å². The van der Waals surface area contributed by atoms with E-state index in [0.29, 0.717) is 0 Å². The van der Waals surface area contributed by atoms with Crippen molar-refractivity contribution >= 4 is 11.9 Å². The second kappa shape index (κ2) is 8.09. The molecule has 1 aromatic rings. The Morgan fingerprint density at radius 2 is 1.57 bits per heavy atom. The fraction of sp³-hybridized carbons (Fsp3) is 0.556. The van der Waals surface area contributed by atoms with Crippen LogP contribution >= 0.6 is 0 Å². The molecular weight excluding hydrogens is 299 g/mol. The van der Waals surface area contributed by atoms with E-state index in [1.165, 1.54) is 12.1 Å². The van der Waals surface area contributed by atoms with Gasteiger partial charge in [-0.25, -0.2) is 4.39 Å². The Balaban J connectivity index is 2.44. The molecule has 2 atom stereocenters. The lowest BCUT2D eigenvalue weighted by Gasteiger charge is -2.21. The molecule has 0 amide bonds. The number of hydrogen-bond acceptors (Lipinski definition) is 4. The summed E-state index contributed by atoms with van der Waals surface area (Å²) >= 11 is 0. The van der Waals surface area contributed by atoms with Crippen molar-refractivity contribution in [1.82, 2.24) is 0 Å². The maximum atomic E-state index is 12.9. The fourth-order valence-corrected chi connectivity index (χ4v) is 2.00. The van der Waals surface area contributed by atoms with Crippen LogP contribution in [0.3, 0.4) is 0 Å². The van der Waals surface area contributed by atoms with Crippen LogP contribution in [0.4, 0.5) is 4.39 Å². The van der Waals surface area contributed by atoms with E-state index < -0.39 is 17.5 Å². The van der Waals surface area contributed by atoms with Crippen molar-refractivity contribution < 1.29 is 23.5 Å². The van der Waals surface area contributed by atoms with E-state index in [9.17, 15) is 14.0 Å². The predicted octanol–water partition coefficient (Wildman–Crippen LogP) is 3.98. The lowest BCUT2D eigenvalue weighted by atomic mass is 9.96. The summed E-state index contributed by atoms with van der Waals surface area (Å²) in [5.41, 5.74) is 0.324. The number of halogens is 1. The van der Waals surface area contributed by atoms with Crippen LogP contribution in [0.5, 0.6) is 0 Å². The van der Waals surface area contributed by atoms with Gasteiger partial charge in [-0.3, -0.25) is 9.59 Å². The van der Waals surface area contributed by atoms with Gasteiger partial charge in [0.25, 0.3) is 0 Å². The van der Waals surface area contributed by atoms with Gasteiger partial charge in [-0.05, 0) is 45.4 Å². The summed E-state index contributed by atoms with van der Waals surface area (Å²) in [5.74, 6) is -1.24. The van der Waals surface area contributed by atoms with E-state index >= 15 is 0 Å². The Morgan fingerprint density at radius 1 is 1.04 bits per heavy atom. The van der Waals surface area contributed by atoms with Gasteiger partial charge >= 0.3 is 11.9 Å². The average molecular weight is 324 g/mol. The molecule has 0 fully saturated rings. The molecule has 0 radical (unpaired) electrons. The number of benzene rings is 1. The van der Waals surface area contributed by atoms with E-state index in [1.807, 2.05) is 6.92 Å². The molecule has 0 spiro atoms. The third-order valence-electron chi connectivity index (χ3n) is 3.37. The monoisotopic (exact) mass is 324 g/mol. The van der Waals surface area contributed by atoms with Gasteiger partial charge < -0.3 is 9.47 Å². The van der Waals surface area contributed by atoms with Crippen molar-refractivity contribution in [2.45, 2.75) is 65.1 Å². The molecule has 1 rings (SSSR count). The highest BCUT2D eigenvalue weighted by Gasteiger charge is 2.21. The fourth-order valence-electron chi connectivity index (χ4n) is 2.00. The molecule has 4 nitrogen and oxygen atoms in total. The first-order valence-electron chi connectivity index (χ1n) is 7.75. The Morgan fingerprint density at radius 3 is 2.09 bits per heavy atom. The van der Waals surface area contributed by atoms with Gasteiger partial charge in [-0.1, -0.05) is 19.1 Å². The van der Waals surface area contributed by atoms with Crippen LogP contribution in [0.15, 0.2) is 24.3 Å². The van der Waals surface area contributed by atoms with Gasteiger partial charge in [0.2, 0.25) is 0 Å². The first kappa shape index (κ1) is 19.1. The molecule has 0 saturated carbocycles. The summed E-state index contributed by atoms with van der Waals surface area (Å²) in [4.78, 5) is 23.4. The van der Waals surface area contributed by atoms with Gasteiger partial charge in [-0.2, -0.15) is 0 Å². The second-order valence-corrected chi connectivity index (χ2v) is 6.62. The van der Waals surface area contributed by atoms with E-state index in [-0.39, 0.29) is 30.7 Å². The van der Waals surface area contributed by atoms with Crippen molar-refractivity contribution in [3.8, 4) is 0 Å². The normalized spacial score (nSPS) is 14.0. The highest BCUT2D eigenvalue weighted by molar-refractivity contribution is 5.78. The topological polar surface area (TPSA) is 52.6 Å². The minimum absolute atomic E-state index is 0.00620. The van der Waals surface area contributed by atoms with E-state index in [4.69, 9.17) is 9.47 Å². The molecule has 0 saturated heterocycles. The molecule has 0 aromatic heterocycles. The van der Waals surface area contributed by atoms with Crippen LogP contribution < -0.4 is 0 Å². The number of rotatable bonds is 6. The Kier molecular flexibility index (Phi) is 6.73. The summed E-state index contributed by atoms with van der Waals surface area (Å²) in [6.07, 6.45) is -0.394. The Hall–Kier alpha value is -1.91. The summed E-state index contributed by atoms with van der Waals surface area (Å²) < 4.78 is 23.4. The molecule has 23 heavy (non-hydrogen) atoms. The smallest absolute Gasteiger partial charge is 0.306 e. The zero-order chi connectivity index (χ0) is 17.6. The van der Waals surface area contributed by atoms with Gasteiger partial charge in [-0.15, -0.1) is 0 Å². The summed E-state index contributed by atoms with van der Waals surface area (Å²) in [6.45, 7) is 9.00. The molecule has 5 heteroatoms. The van der Waals surface area contributed by atoms with Crippen LogP contribution in [0.1, 0.15) is 58.9 Å². The number of ether oxygens (including phenoxy) is 2. The number of carbonyl (C=O) groups excluding carboxylic acids is 2. The van der Waals surface area contributed by atoms with Crippen molar-refractivity contribution in [2.75, 3.05) is 0 Å². The minimum atomic E-state index is -0.564. The van der Waals surface area contributed by atoms with Crippen molar-refractivity contribution in [3.63, 3.8) is 0 Å². The zero-order valence-corrected chi connectivity index (χ0v) is 14.4. The van der Waals surface area contributed by atoms with Crippen LogP contribution in [0.2, 0.25) is 0 Å². The van der Waals surface area contributed by atoms with E-state index in [1.54, 1.807) is 39.8 Å². The van der Waals surface area contributed by atoms with Gasteiger partial charge in [0, 0.05) is 5.92 Å². The third kappa shape index (κ3) is 7.26. The largest absolute Gasteiger partial charge is 0.462 e. The second-order valence-electron chi connectivity index (χ2n) is 6.62. The van der Waals surface area contributed by atoms with Gasteiger partial charge in [0.15, 0.2) is 0 Å². The molecular formula is C18H25FO4. The van der Waals surface area contributed by atoms with E-state index in [2.05, 4.69) is 0 Å². The zero-order valence-electron chi connectivity index (χ0n) is 14.4. The van der Waals surface area contributed by atoms with Gasteiger partial charge in [0.05, 0.1) is 12.8 Å². The van der Waals surface area contributed by atoms with Crippen molar-refractivity contribution in [2.24, 2.45) is 0 Å². The molecule has 0 N–H and O–H groups in total. The van der Waals surface area contributed by atoms with Crippen LogP contribution in [0.25, 0.3) is 0 Å². The SMILES string of the molecule is C[C@H](OC(=O)CCC(=O)OC(C)(C)C)[C@@H](C)c1ccc(F)cc1. The molecule has 0 bridgehead atoms. The number of carbonyl (C=O) groups is 2. The maximum absolute atomic E-state index is 12.9. The molecule has 0 aliphatic heterocycles. The average Bonchev–Trinajstić information content (AvgIpc) is 2.43. The highest BCUT2D eigenvalue weighted by atomic mass is 19.1. The van der Waals surface area contributed by atoms with Crippen molar-refractivity contribution in [1.29, 1.82) is 0 Å². The standard InChI is InChI=1S/C18H25FO4/c1-12(14-6-8-15(19)9-7-14)13(2)22-16(20)10-11-17(21)23-18(3,4)5/h6-9,12-13H,10-11H2,1-5H3/t12-,13+/m1/s1. The Bertz CT molecular complexity index is 531. The third-order valence-corrected chi connectivity index (χ3v) is 3.37. The number of esters is 2. The summed E-state index contributed by atoms with van der Waals surface area (Å²) in [7, 11) is 0. The highest BCUT2D eigenvalue weighted by Crippen LogP contribution is 2.22. The van der Waals surface area contributed by atoms with E-state index in [0.717, 1.165) is 5.56 Å². The van der Waals surface area contributed by atoms with Crippen LogP contribution in [-0.4, -0.2) is 23.6 Å². The molecule has 0 unspecified atom stereocenters. The Labute approximate surface area is 137 Å². The minimum Gasteiger partial charge on any atom is -0.462 e. The lowest BCUT2D eigenvalue weighted by Crippen LogP contribution is -2.25. The predicted molar refractivity (Wildman–Crippen MR) is 85.4 cm³/mol. The van der Waals surface area contributed by atoms with Crippen LogP contribution in [-0.2, 0) is 19.1 Å². The summed E-state index contributed by atoms with van der Waals surface area (Å²) in [5, 5.41) is 0. The number of hydrogen-bond donors (Lipinski definition) is 0. The molecule has 1 aromatic carbocycles. The molecule has 0 aliphatic carbocycles. The summed E-state index contributed by atoms with van der Waals surface area (Å²) in [6, 6.07) is 6.10.